The van der Waals surface area contributed by atoms with E-state index in [1.807, 2.05) is 12.1 Å². The molecule has 0 bridgehead atoms. The van der Waals surface area contributed by atoms with Crippen molar-refractivity contribution in [3.05, 3.63) is 24.5 Å². The lowest BCUT2D eigenvalue weighted by Gasteiger charge is -2.31. The molecule has 0 atom stereocenters. The molecule has 2 heterocycles. The molecule has 0 aliphatic carbocycles. The maximum absolute atomic E-state index is 9.33. The summed E-state index contributed by atoms with van der Waals surface area (Å²) in [7, 11) is 0. The highest BCUT2D eigenvalue weighted by molar-refractivity contribution is 5.44. The van der Waals surface area contributed by atoms with Crippen LogP contribution in [0.5, 0.6) is 0 Å². The second-order valence-electron chi connectivity index (χ2n) is 3.42. The molecule has 3 nitrogen and oxygen atoms in total. The van der Waals surface area contributed by atoms with Crippen molar-refractivity contribution in [2.75, 3.05) is 18.0 Å². The number of nitrogens with zero attached hydrogens (tertiary/aromatic N) is 2. The zero-order valence-electron chi connectivity index (χ0n) is 7.56. The molecule has 0 aromatic carbocycles. The van der Waals surface area contributed by atoms with Crippen LogP contribution in [0, 0.1) is 0 Å². The third-order valence-electron chi connectivity index (χ3n) is 2.49. The summed E-state index contributed by atoms with van der Waals surface area (Å²) in [6.45, 7) is 1.90. The molecule has 0 unspecified atom stereocenters. The number of hydrogen-bond donors (Lipinski definition) is 1. The van der Waals surface area contributed by atoms with Crippen LogP contribution in [0.4, 0.5) is 5.69 Å². The van der Waals surface area contributed by atoms with Gasteiger partial charge in [-0.25, -0.2) is 0 Å². The van der Waals surface area contributed by atoms with Crippen molar-refractivity contribution < 1.29 is 5.11 Å². The normalized spacial score (nSPS) is 19.0. The van der Waals surface area contributed by atoms with Gasteiger partial charge in [0.25, 0.3) is 0 Å². The van der Waals surface area contributed by atoms with Gasteiger partial charge in [0, 0.05) is 31.2 Å². The number of aromatic nitrogens is 1. The van der Waals surface area contributed by atoms with Gasteiger partial charge in [0.2, 0.25) is 0 Å². The number of aliphatic hydroxyl groups is 1. The molecule has 0 spiro atoms. The number of pyridine rings is 1. The van der Waals surface area contributed by atoms with Gasteiger partial charge >= 0.3 is 0 Å². The molecule has 0 amide bonds. The highest BCUT2D eigenvalue weighted by Gasteiger charge is 2.16. The number of piperidine rings is 1. The summed E-state index contributed by atoms with van der Waals surface area (Å²) in [6.07, 6.45) is 5.27. The summed E-state index contributed by atoms with van der Waals surface area (Å²) in [5, 5.41) is 9.33. The van der Waals surface area contributed by atoms with Crippen LogP contribution < -0.4 is 4.90 Å². The quantitative estimate of drug-likeness (QED) is 0.698. The lowest BCUT2D eigenvalue weighted by molar-refractivity contribution is 0.145. The first kappa shape index (κ1) is 8.51. The summed E-state index contributed by atoms with van der Waals surface area (Å²) < 4.78 is 0. The third kappa shape index (κ3) is 1.98. The molecule has 1 aliphatic heterocycles. The SMILES string of the molecule is OC1CCN(c2ccncc2)CC1. The molecule has 13 heavy (non-hydrogen) atoms. The molecular weight excluding hydrogens is 164 g/mol. The molecule has 1 aliphatic rings. The van der Waals surface area contributed by atoms with E-state index in [4.69, 9.17) is 0 Å². The van der Waals surface area contributed by atoms with Crippen LogP contribution in [0.25, 0.3) is 0 Å². The number of rotatable bonds is 1. The molecule has 1 N–H and O–H groups in total. The Bertz CT molecular complexity index is 255. The van der Waals surface area contributed by atoms with Gasteiger partial charge in [0.05, 0.1) is 6.10 Å². The molecule has 1 aromatic rings. The monoisotopic (exact) mass is 178 g/mol. The van der Waals surface area contributed by atoms with E-state index < -0.39 is 0 Å². The molecule has 1 aromatic heterocycles. The minimum absolute atomic E-state index is 0.0990. The Morgan fingerprint density at radius 1 is 1.23 bits per heavy atom. The van der Waals surface area contributed by atoms with Gasteiger partial charge in [-0.3, -0.25) is 4.98 Å². The fourth-order valence-corrected chi connectivity index (χ4v) is 1.68. The largest absolute Gasteiger partial charge is 0.393 e. The average Bonchev–Trinajstić information content (AvgIpc) is 2.20. The molecule has 0 radical (unpaired) electrons. The molecule has 2 rings (SSSR count). The van der Waals surface area contributed by atoms with E-state index in [1.54, 1.807) is 12.4 Å². The van der Waals surface area contributed by atoms with Crippen molar-refractivity contribution in [2.45, 2.75) is 18.9 Å². The van der Waals surface area contributed by atoms with Crippen LogP contribution in [-0.4, -0.2) is 29.3 Å². The van der Waals surface area contributed by atoms with Crippen molar-refractivity contribution >= 4 is 5.69 Å². The highest BCUT2D eigenvalue weighted by Crippen LogP contribution is 2.18. The van der Waals surface area contributed by atoms with Gasteiger partial charge in [-0.15, -0.1) is 0 Å². The van der Waals surface area contributed by atoms with Crippen LogP contribution in [0.2, 0.25) is 0 Å². The lowest BCUT2D eigenvalue weighted by Crippen LogP contribution is -2.35. The summed E-state index contributed by atoms with van der Waals surface area (Å²) >= 11 is 0. The summed E-state index contributed by atoms with van der Waals surface area (Å²) in [6, 6.07) is 4.02. The Morgan fingerprint density at radius 2 is 1.85 bits per heavy atom. The fraction of sp³-hybridized carbons (Fsp3) is 0.500. The zero-order chi connectivity index (χ0) is 9.10. The second kappa shape index (κ2) is 3.75. The first-order chi connectivity index (χ1) is 6.36. The Morgan fingerprint density at radius 3 is 2.46 bits per heavy atom. The average molecular weight is 178 g/mol. The molecule has 70 valence electrons. The smallest absolute Gasteiger partial charge is 0.0574 e. The number of anilines is 1. The lowest BCUT2D eigenvalue weighted by atomic mass is 10.1. The van der Waals surface area contributed by atoms with E-state index in [2.05, 4.69) is 9.88 Å². The molecule has 0 saturated carbocycles. The predicted molar refractivity (Wildman–Crippen MR) is 51.7 cm³/mol. The van der Waals surface area contributed by atoms with E-state index >= 15 is 0 Å². The molecule has 1 saturated heterocycles. The maximum Gasteiger partial charge on any atom is 0.0574 e. The summed E-state index contributed by atoms with van der Waals surface area (Å²) in [4.78, 5) is 6.27. The van der Waals surface area contributed by atoms with E-state index in [1.165, 1.54) is 5.69 Å². The Hall–Kier alpha value is -1.09. The summed E-state index contributed by atoms with van der Waals surface area (Å²) in [5.41, 5.74) is 1.21. The van der Waals surface area contributed by atoms with Gasteiger partial charge < -0.3 is 10.0 Å². The van der Waals surface area contributed by atoms with Crippen molar-refractivity contribution in [3.63, 3.8) is 0 Å². The molecular formula is C10H14N2O. The Kier molecular flexibility index (Phi) is 2.45. The van der Waals surface area contributed by atoms with E-state index in [0.717, 1.165) is 25.9 Å². The fourth-order valence-electron chi connectivity index (χ4n) is 1.68. The van der Waals surface area contributed by atoms with Crippen LogP contribution in [0.1, 0.15) is 12.8 Å². The number of hydrogen-bond acceptors (Lipinski definition) is 3. The van der Waals surface area contributed by atoms with Crippen molar-refractivity contribution in [2.24, 2.45) is 0 Å². The van der Waals surface area contributed by atoms with Crippen LogP contribution in [0.15, 0.2) is 24.5 Å². The maximum atomic E-state index is 9.33. The first-order valence-corrected chi connectivity index (χ1v) is 4.69. The standard InChI is InChI=1S/C10H14N2O/c13-10-3-7-12(8-4-10)9-1-5-11-6-2-9/h1-2,5-6,10,13H,3-4,7-8H2. The topological polar surface area (TPSA) is 36.4 Å². The predicted octanol–water partition coefficient (Wildman–Crippen LogP) is 1.04. The van der Waals surface area contributed by atoms with E-state index in [0.29, 0.717) is 0 Å². The van der Waals surface area contributed by atoms with Gasteiger partial charge in [0.15, 0.2) is 0 Å². The van der Waals surface area contributed by atoms with Crippen molar-refractivity contribution in [1.29, 1.82) is 0 Å². The van der Waals surface area contributed by atoms with Crippen molar-refractivity contribution in [3.8, 4) is 0 Å². The Balaban J connectivity index is 2.03. The van der Waals surface area contributed by atoms with Gasteiger partial charge in [-0.2, -0.15) is 0 Å². The minimum Gasteiger partial charge on any atom is -0.393 e. The van der Waals surface area contributed by atoms with Gasteiger partial charge in [0.1, 0.15) is 0 Å². The van der Waals surface area contributed by atoms with E-state index in [-0.39, 0.29) is 6.10 Å². The van der Waals surface area contributed by atoms with Crippen molar-refractivity contribution in [1.82, 2.24) is 4.98 Å². The van der Waals surface area contributed by atoms with Crippen LogP contribution in [-0.2, 0) is 0 Å². The molecule has 3 heteroatoms. The van der Waals surface area contributed by atoms with Crippen LogP contribution >= 0.6 is 0 Å². The van der Waals surface area contributed by atoms with Gasteiger partial charge in [-0.05, 0) is 25.0 Å². The van der Waals surface area contributed by atoms with Gasteiger partial charge in [-0.1, -0.05) is 0 Å². The summed E-state index contributed by atoms with van der Waals surface area (Å²) in [5.74, 6) is 0. The third-order valence-corrected chi connectivity index (χ3v) is 2.49. The molecule has 1 fully saturated rings. The van der Waals surface area contributed by atoms with Crippen LogP contribution in [0.3, 0.4) is 0 Å². The Labute approximate surface area is 78.0 Å². The zero-order valence-corrected chi connectivity index (χ0v) is 7.56. The highest BCUT2D eigenvalue weighted by atomic mass is 16.3. The van der Waals surface area contributed by atoms with E-state index in [9.17, 15) is 5.11 Å². The first-order valence-electron chi connectivity index (χ1n) is 4.69. The minimum atomic E-state index is -0.0990. The number of aliphatic hydroxyl groups excluding tert-OH is 1. The second-order valence-corrected chi connectivity index (χ2v) is 3.42.